The first kappa shape index (κ1) is 17.0. The maximum atomic E-state index is 12.8. The second-order valence-corrected chi connectivity index (χ2v) is 7.31. The van der Waals surface area contributed by atoms with Crippen molar-refractivity contribution in [2.45, 2.75) is 12.6 Å². The molecule has 2 aromatic carbocycles. The lowest BCUT2D eigenvalue weighted by molar-refractivity contribution is 0.150. The highest BCUT2D eigenvalue weighted by Gasteiger charge is 2.16. The molecule has 1 N–H and O–H groups in total. The molecule has 4 rings (SSSR count). The summed E-state index contributed by atoms with van der Waals surface area (Å²) in [6.45, 7) is 0.0731. The Hall–Kier alpha value is -2.47. The molecule has 4 aromatic rings. The van der Waals surface area contributed by atoms with E-state index in [9.17, 15) is 9.90 Å². The Kier molecular flexibility index (Phi) is 4.59. The third-order valence-corrected chi connectivity index (χ3v) is 5.35. The molecule has 1 atom stereocenters. The molecule has 0 aliphatic carbocycles. The normalized spacial score (nSPS) is 12.4. The minimum Gasteiger partial charge on any atom is -0.386 e. The summed E-state index contributed by atoms with van der Waals surface area (Å²) in [6, 6.07) is 18.3. The molecule has 2 aromatic heterocycles. The summed E-state index contributed by atoms with van der Waals surface area (Å²) in [5.74, 6) is 0. The first-order chi connectivity index (χ1) is 12.6. The van der Waals surface area contributed by atoms with Crippen molar-refractivity contribution in [1.82, 2.24) is 9.78 Å². The largest absolute Gasteiger partial charge is 0.386 e. The van der Waals surface area contributed by atoms with Crippen molar-refractivity contribution >= 4 is 33.7 Å². The standard InChI is InChI=1S/C20H15ClN2O2S/c21-14-9-7-13(8-10-14)17(24)12-23-20(25)16-5-2-1-4-15(16)19(22-23)18-6-3-11-26-18/h1-11,17,24H,12H2/t17-/m1/s1. The number of nitrogens with zero attached hydrogens (tertiary/aromatic N) is 2. The van der Waals surface area contributed by atoms with Gasteiger partial charge in [-0.1, -0.05) is 48.0 Å². The lowest BCUT2D eigenvalue weighted by atomic mass is 10.1. The fourth-order valence-corrected chi connectivity index (χ4v) is 3.76. The number of hydrogen-bond donors (Lipinski definition) is 1. The molecule has 0 radical (unpaired) electrons. The lowest BCUT2D eigenvalue weighted by Gasteiger charge is -2.14. The van der Waals surface area contributed by atoms with Gasteiger partial charge in [-0.2, -0.15) is 5.10 Å². The predicted molar refractivity (Wildman–Crippen MR) is 106 cm³/mol. The summed E-state index contributed by atoms with van der Waals surface area (Å²) in [4.78, 5) is 13.8. The quantitative estimate of drug-likeness (QED) is 0.565. The molecule has 0 aliphatic heterocycles. The summed E-state index contributed by atoms with van der Waals surface area (Å²) in [5.41, 5.74) is 1.22. The van der Waals surface area contributed by atoms with Crippen LogP contribution in [0.15, 0.2) is 70.8 Å². The van der Waals surface area contributed by atoms with Crippen LogP contribution in [0, 0.1) is 0 Å². The molecular weight excluding hydrogens is 368 g/mol. The van der Waals surface area contributed by atoms with Crippen LogP contribution in [-0.2, 0) is 6.54 Å². The van der Waals surface area contributed by atoms with Crippen LogP contribution in [0.3, 0.4) is 0 Å². The average molecular weight is 383 g/mol. The topological polar surface area (TPSA) is 55.1 Å². The van der Waals surface area contributed by atoms with Crippen LogP contribution in [-0.4, -0.2) is 14.9 Å². The summed E-state index contributed by atoms with van der Waals surface area (Å²) < 4.78 is 1.34. The average Bonchev–Trinajstić information content (AvgIpc) is 3.19. The van der Waals surface area contributed by atoms with Crippen LogP contribution in [0.2, 0.25) is 5.02 Å². The zero-order chi connectivity index (χ0) is 18.1. The van der Waals surface area contributed by atoms with Crippen molar-refractivity contribution in [2.75, 3.05) is 0 Å². The van der Waals surface area contributed by atoms with Crippen molar-refractivity contribution in [3.05, 3.63) is 87.0 Å². The third-order valence-electron chi connectivity index (χ3n) is 4.22. The van der Waals surface area contributed by atoms with Gasteiger partial charge in [0.25, 0.3) is 5.56 Å². The number of fused-ring (bicyclic) bond motifs is 1. The minimum absolute atomic E-state index is 0.0731. The van der Waals surface area contributed by atoms with Gasteiger partial charge >= 0.3 is 0 Å². The van der Waals surface area contributed by atoms with E-state index in [1.165, 1.54) is 4.68 Å². The van der Waals surface area contributed by atoms with Gasteiger partial charge in [0.05, 0.1) is 22.9 Å². The second-order valence-electron chi connectivity index (χ2n) is 5.93. The van der Waals surface area contributed by atoms with Crippen LogP contribution >= 0.6 is 22.9 Å². The van der Waals surface area contributed by atoms with E-state index in [0.717, 1.165) is 16.0 Å². The first-order valence-electron chi connectivity index (χ1n) is 8.11. The van der Waals surface area contributed by atoms with E-state index >= 15 is 0 Å². The lowest BCUT2D eigenvalue weighted by Crippen LogP contribution is -2.26. The molecule has 4 nitrogen and oxygen atoms in total. The summed E-state index contributed by atoms with van der Waals surface area (Å²) in [6.07, 6.45) is -0.852. The Morgan fingerprint density at radius 1 is 1.04 bits per heavy atom. The molecule has 0 spiro atoms. The number of thiophene rings is 1. The smallest absolute Gasteiger partial charge is 0.274 e. The number of hydrogen-bond acceptors (Lipinski definition) is 4. The van der Waals surface area contributed by atoms with E-state index < -0.39 is 6.10 Å². The Morgan fingerprint density at radius 3 is 2.46 bits per heavy atom. The molecule has 0 amide bonds. The van der Waals surface area contributed by atoms with Gasteiger partial charge in [0.1, 0.15) is 5.69 Å². The van der Waals surface area contributed by atoms with Crippen molar-refractivity contribution < 1.29 is 5.11 Å². The van der Waals surface area contributed by atoms with Gasteiger partial charge in [0.2, 0.25) is 0 Å². The van der Waals surface area contributed by atoms with E-state index in [1.54, 1.807) is 41.7 Å². The molecule has 2 heterocycles. The van der Waals surface area contributed by atoms with E-state index in [-0.39, 0.29) is 12.1 Å². The first-order valence-corrected chi connectivity index (χ1v) is 9.36. The summed E-state index contributed by atoms with van der Waals surface area (Å²) in [7, 11) is 0. The van der Waals surface area contributed by atoms with Crippen molar-refractivity contribution in [3.63, 3.8) is 0 Å². The van der Waals surface area contributed by atoms with Gasteiger partial charge in [-0.3, -0.25) is 4.79 Å². The Labute approximate surface area is 158 Å². The minimum atomic E-state index is -0.852. The molecule has 0 saturated heterocycles. The van der Waals surface area contributed by atoms with E-state index in [2.05, 4.69) is 5.10 Å². The third kappa shape index (κ3) is 3.17. The van der Waals surface area contributed by atoms with Gasteiger partial charge in [0, 0.05) is 10.4 Å². The second kappa shape index (κ2) is 7.03. The highest BCUT2D eigenvalue weighted by Crippen LogP contribution is 2.28. The van der Waals surface area contributed by atoms with Gasteiger partial charge in [-0.25, -0.2) is 4.68 Å². The number of benzene rings is 2. The number of rotatable bonds is 4. The predicted octanol–water partition coefficient (Wildman–Crippen LogP) is 4.51. The fourth-order valence-electron chi connectivity index (χ4n) is 2.91. The number of halogens is 1. The molecule has 0 bridgehead atoms. The van der Waals surface area contributed by atoms with E-state index in [1.807, 2.05) is 35.7 Å². The highest BCUT2D eigenvalue weighted by atomic mass is 35.5. The van der Waals surface area contributed by atoms with Crippen molar-refractivity contribution in [2.24, 2.45) is 0 Å². The number of aliphatic hydroxyl groups is 1. The van der Waals surface area contributed by atoms with Crippen LogP contribution in [0.5, 0.6) is 0 Å². The molecule has 130 valence electrons. The van der Waals surface area contributed by atoms with Gasteiger partial charge < -0.3 is 5.11 Å². The molecule has 0 aliphatic rings. The Bertz CT molecular complexity index is 1110. The summed E-state index contributed by atoms with van der Waals surface area (Å²) >= 11 is 7.46. The Balaban J connectivity index is 1.81. The van der Waals surface area contributed by atoms with Crippen molar-refractivity contribution in [1.29, 1.82) is 0 Å². The van der Waals surface area contributed by atoms with Crippen LogP contribution in [0.1, 0.15) is 11.7 Å². The van der Waals surface area contributed by atoms with Crippen LogP contribution in [0.25, 0.3) is 21.3 Å². The number of aromatic nitrogens is 2. The van der Waals surface area contributed by atoms with Crippen LogP contribution in [0.4, 0.5) is 0 Å². The van der Waals surface area contributed by atoms with Crippen LogP contribution < -0.4 is 5.56 Å². The highest BCUT2D eigenvalue weighted by molar-refractivity contribution is 7.13. The molecule has 26 heavy (non-hydrogen) atoms. The SMILES string of the molecule is O=c1c2ccccc2c(-c2cccs2)nn1C[C@@H](O)c1ccc(Cl)cc1. The van der Waals surface area contributed by atoms with E-state index in [0.29, 0.717) is 16.0 Å². The monoisotopic (exact) mass is 382 g/mol. The fraction of sp³-hybridized carbons (Fsp3) is 0.100. The van der Waals surface area contributed by atoms with Gasteiger partial charge in [-0.15, -0.1) is 11.3 Å². The van der Waals surface area contributed by atoms with Gasteiger partial charge in [-0.05, 0) is 35.2 Å². The zero-order valence-electron chi connectivity index (χ0n) is 13.7. The Morgan fingerprint density at radius 2 is 1.77 bits per heavy atom. The van der Waals surface area contributed by atoms with Crippen molar-refractivity contribution in [3.8, 4) is 10.6 Å². The zero-order valence-corrected chi connectivity index (χ0v) is 15.2. The molecular formula is C20H15ClN2O2S. The molecule has 0 saturated carbocycles. The molecule has 0 fully saturated rings. The number of aliphatic hydroxyl groups excluding tert-OH is 1. The maximum absolute atomic E-state index is 12.8. The van der Waals surface area contributed by atoms with E-state index in [4.69, 9.17) is 11.6 Å². The van der Waals surface area contributed by atoms with Gasteiger partial charge in [0.15, 0.2) is 0 Å². The molecule has 6 heteroatoms. The molecule has 0 unspecified atom stereocenters. The maximum Gasteiger partial charge on any atom is 0.274 e. The summed E-state index contributed by atoms with van der Waals surface area (Å²) in [5, 5.41) is 19.1.